The van der Waals surface area contributed by atoms with Gasteiger partial charge in [0.2, 0.25) is 10.0 Å². The van der Waals surface area contributed by atoms with Crippen LogP contribution in [0.25, 0.3) is 0 Å². The van der Waals surface area contributed by atoms with E-state index in [0.29, 0.717) is 18.6 Å². The monoisotopic (exact) mass is 312 g/mol. The van der Waals surface area contributed by atoms with Crippen molar-refractivity contribution in [1.82, 2.24) is 4.31 Å². The molecule has 0 amide bonds. The van der Waals surface area contributed by atoms with Crippen molar-refractivity contribution in [2.75, 3.05) is 13.1 Å². The van der Waals surface area contributed by atoms with Gasteiger partial charge in [0.1, 0.15) is 5.82 Å². The second kappa shape index (κ2) is 4.97. The molecule has 1 aromatic rings. The van der Waals surface area contributed by atoms with E-state index in [1.165, 1.54) is 0 Å². The number of hydrogen-bond donors (Lipinski definition) is 1. The van der Waals surface area contributed by atoms with E-state index in [9.17, 15) is 26.0 Å². The van der Waals surface area contributed by atoms with E-state index < -0.39 is 38.5 Å². The van der Waals surface area contributed by atoms with Gasteiger partial charge < -0.3 is 5.73 Å². The summed E-state index contributed by atoms with van der Waals surface area (Å²) in [6, 6.07) is 1.11. The van der Waals surface area contributed by atoms with Gasteiger partial charge in [0, 0.05) is 19.1 Å². The fraction of sp³-hybridized carbons (Fsp3) is 0.455. The van der Waals surface area contributed by atoms with Crippen LogP contribution in [0.15, 0.2) is 23.1 Å². The van der Waals surface area contributed by atoms with Crippen LogP contribution in [0.1, 0.15) is 12.0 Å². The molecule has 9 heteroatoms. The molecule has 112 valence electrons. The molecule has 4 nitrogen and oxygen atoms in total. The van der Waals surface area contributed by atoms with Crippen molar-refractivity contribution in [3.8, 4) is 0 Å². The molecule has 1 aliphatic rings. The van der Waals surface area contributed by atoms with E-state index in [2.05, 4.69) is 0 Å². The van der Waals surface area contributed by atoms with Crippen molar-refractivity contribution in [1.29, 1.82) is 0 Å². The fourth-order valence-corrected chi connectivity index (χ4v) is 3.76. The third-order valence-corrected chi connectivity index (χ3v) is 4.98. The zero-order chi connectivity index (χ0) is 15.1. The summed E-state index contributed by atoms with van der Waals surface area (Å²) < 4.78 is 76.8. The number of nitrogens with two attached hydrogens (primary N) is 1. The molecule has 1 saturated heterocycles. The van der Waals surface area contributed by atoms with E-state index in [1.54, 1.807) is 0 Å². The van der Waals surface area contributed by atoms with Gasteiger partial charge in [-0.2, -0.15) is 17.5 Å². The maximum Gasteiger partial charge on any atom is 0.417 e. The predicted octanol–water partition coefficient (Wildman–Crippen LogP) is 1.57. The van der Waals surface area contributed by atoms with E-state index in [0.717, 1.165) is 4.31 Å². The normalized spacial score (nSPS) is 21.4. The second-order valence-electron chi connectivity index (χ2n) is 4.55. The third-order valence-electron chi connectivity index (χ3n) is 3.05. The number of sulfonamides is 1. The van der Waals surface area contributed by atoms with Crippen molar-refractivity contribution in [2.24, 2.45) is 5.73 Å². The Labute approximate surface area is 113 Å². The zero-order valence-corrected chi connectivity index (χ0v) is 11.0. The SMILES string of the molecule is NC1CCN(S(=O)(=O)c2ccc(F)cc2C(F)(F)F)C1. The summed E-state index contributed by atoms with van der Waals surface area (Å²) >= 11 is 0. The Morgan fingerprint density at radius 1 is 1.30 bits per heavy atom. The molecule has 1 aromatic carbocycles. The minimum Gasteiger partial charge on any atom is -0.326 e. The minimum atomic E-state index is -4.95. The molecular weight excluding hydrogens is 300 g/mol. The summed E-state index contributed by atoms with van der Waals surface area (Å²) in [6.45, 7) is 0.00911. The van der Waals surface area contributed by atoms with Gasteiger partial charge in [-0.25, -0.2) is 12.8 Å². The van der Waals surface area contributed by atoms with Crippen LogP contribution in [0.3, 0.4) is 0 Å². The highest BCUT2D eigenvalue weighted by atomic mass is 32.2. The summed E-state index contributed by atoms with van der Waals surface area (Å²) in [6.07, 6.45) is -4.58. The molecule has 2 rings (SSSR count). The van der Waals surface area contributed by atoms with E-state index >= 15 is 0 Å². The van der Waals surface area contributed by atoms with Gasteiger partial charge in [0.05, 0.1) is 10.5 Å². The molecule has 1 heterocycles. The van der Waals surface area contributed by atoms with Crippen molar-refractivity contribution < 1.29 is 26.0 Å². The Kier molecular flexibility index (Phi) is 3.78. The lowest BCUT2D eigenvalue weighted by Crippen LogP contribution is -2.33. The van der Waals surface area contributed by atoms with Gasteiger partial charge >= 0.3 is 6.18 Å². The Morgan fingerprint density at radius 2 is 1.95 bits per heavy atom. The quantitative estimate of drug-likeness (QED) is 0.843. The molecule has 1 fully saturated rings. The lowest BCUT2D eigenvalue weighted by Gasteiger charge is -2.19. The summed E-state index contributed by atoms with van der Waals surface area (Å²) in [7, 11) is -4.34. The molecule has 0 spiro atoms. The van der Waals surface area contributed by atoms with Gasteiger partial charge in [-0.1, -0.05) is 0 Å². The largest absolute Gasteiger partial charge is 0.417 e. The van der Waals surface area contributed by atoms with Crippen LogP contribution in [0.5, 0.6) is 0 Å². The molecule has 0 aromatic heterocycles. The van der Waals surface area contributed by atoms with Crippen LogP contribution < -0.4 is 5.73 Å². The maximum absolute atomic E-state index is 13.0. The highest BCUT2D eigenvalue weighted by Gasteiger charge is 2.40. The Morgan fingerprint density at radius 3 is 2.45 bits per heavy atom. The Hall–Kier alpha value is -1.19. The van der Waals surface area contributed by atoms with Crippen molar-refractivity contribution >= 4 is 10.0 Å². The standard InChI is InChI=1S/C11H12F4N2O2S/c12-7-1-2-10(9(5-7)11(13,14)15)20(18,19)17-4-3-8(16)6-17/h1-2,5,8H,3-4,6,16H2. The lowest BCUT2D eigenvalue weighted by molar-refractivity contribution is -0.140. The van der Waals surface area contributed by atoms with Crippen LogP contribution >= 0.6 is 0 Å². The average molecular weight is 312 g/mol. The minimum absolute atomic E-state index is 0.0446. The highest BCUT2D eigenvalue weighted by Crippen LogP contribution is 2.36. The first kappa shape index (κ1) is 15.2. The van der Waals surface area contributed by atoms with Gasteiger partial charge in [0.15, 0.2) is 0 Å². The summed E-state index contributed by atoms with van der Waals surface area (Å²) in [5.41, 5.74) is 4.06. The van der Waals surface area contributed by atoms with Crippen molar-refractivity contribution in [3.63, 3.8) is 0 Å². The van der Waals surface area contributed by atoms with Gasteiger partial charge in [-0.15, -0.1) is 0 Å². The van der Waals surface area contributed by atoms with Crippen LogP contribution in [-0.2, 0) is 16.2 Å². The molecule has 0 saturated carbocycles. The average Bonchev–Trinajstić information content (AvgIpc) is 2.75. The van der Waals surface area contributed by atoms with E-state index in [-0.39, 0.29) is 19.2 Å². The Bertz CT molecular complexity index is 615. The molecule has 2 N–H and O–H groups in total. The zero-order valence-electron chi connectivity index (χ0n) is 10.2. The van der Waals surface area contributed by atoms with Crippen LogP contribution in [0.2, 0.25) is 0 Å². The molecule has 20 heavy (non-hydrogen) atoms. The Balaban J connectivity index is 2.52. The molecule has 0 bridgehead atoms. The number of rotatable bonds is 2. The first-order valence-corrected chi connectivity index (χ1v) is 7.19. The highest BCUT2D eigenvalue weighted by molar-refractivity contribution is 7.89. The smallest absolute Gasteiger partial charge is 0.326 e. The topological polar surface area (TPSA) is 63.4 Å². The van der Waals surface area contributed by atoms with Crippen molar-refractivity contribution in [3.05, 3.63) is 29.6 Å². The molecule has 1 unspecified atom stereocenters. The first-order chi connectivity index (χ1) is 9.12. The second-order valence-corrected chi connectivity index (χ2v) is 6.46. The number of nitrogens with zero attached hydrogens (tertiary/aromatic N) is 1. The number of benzene rings is 1. The molecule has 0 aliphatic carbocycles. The van der Waals surface area contributed by atoms with Crippen LogP contribution in [0, 0.1) is 5.82 Å². The lowest BCUT2D eigenvalue weighted by atomic mass is 10.2. The van der Waals surface area contributed by atoms with Gasteiger partial charge in [0.25, 0.3) is 0 Å². The van der Waals surface area contributed by atoms with Crippen LogP contribution in [-0.4, -0.2) is 31.9 Å². The number of hydrogen-bond acceptors (Lipinski definition) is 3. The molecular formula is C11H12F4N2O2S. The summed E-state index contributed by atoms with van der Waals surface area (Å²) in [5.74, 6) is -1.14. The molecule has 1 aliphatic heterocycles. The number of halogens is 4. The van der Waals surface area contributed by atoms with E-state index in [4.69, 9.17) is 5.73 Å². The van der Waals surface area contributed by atoms with Crippen molar-refractivity contribution in [2.45, 2.75) is 23.5 Å². The first-order valence-electron chi connectivity index (χ1n) is 5.75. The van der Waals surface area contributed by atoms with Gasteiger partial charge in [-0.05, 0) is 24.6 Å². The fourth-order valence-electron chi connectivity index (χ4n) is 2.06. The van der Waals surface area contributed by atoms with Crippen LogP contribution in [0.4, 0.5) is 17.6 Å². The molecule has 1 atom stereocenters. The maximum atomic E-state index is 13.0. The third kappa shape index (κ3) is 2.79. The number of alkyl halides is 3. The van der Waals surface area contributed by atoms with E-state index in [1.807, 2.05) is 0 Å². The molecule has 0 radical (unpaired) electrons. The predicted molar refractivity (Wildman–Crippen MR) is 62.8 cm³/mol. The summed E-state index contributed by atoms with van der Waals surface area (Å²) in [5, 5.41) is 0. The van der Waals surface area contributed by atoms with Gasteiger partial charge in [-0.3, -0.25) is 0 Å². The summed E-state index contributed by atoms with van der Waals surface area (Å²) in [4.78, 5) is -0.944.